The monoisotopic (exact) mass is 485 g/mol. The highest BCUT2D eigenvalue weighted by Gasteiger charge is 2.30. The smallest absolute Gasteiger partial charge is 0.244 e. The van der Waals surface area contributed by atoms with Crippen molar-refractivity contribution in [3.8, 4) is 0 Å². The Balaban J connectivity index is 2.46. The molecule has 2 aromatic carbocycles. The van der Waals surface area contributed by atoms with Crippen LogP contribution in [0.15, 0.2) is 42.5 Å². The summed E-state index contributed by atoms with van der Waals surface area (Å²) in [4.78, 5) is 26.9. The number of likely N-dealkylation sites (N-methyl/N-ethyl adjacent to an activating group) is 1. The van der Waals surface area contributed by atoms with Crippen LogP contribution in [0, 0.1) is 6.92 Å². The topological polar surface area (TPSA) is 86.8 Å². The average Bonchev–Trinajstić information content (AvgIpc) is 2.70. The lowest BCUT2D eigenvalue weighted by Crippen LogP contribution is -2.50. The van der Waals surface area contributed by atoms with Crippen LogP contribution < -0.4 is 9.62 Å². The van der Waals surface area contributed by atoms with Crippen molar-refractivity contribution in [2.24, 2.45) is 0 Å². The number of halogens is 2. The van der Waals surface area contributed by atoms with Crippen molar-refractivity contribution >= 4 is 50.7 Å². The van der Waals surface area contributed by atoms with Crippen molar-refractivity contribution in [2.75, 3.05) is 24.2 Å². The molecule has 1 N–H and O–H groups in total. The van der Waals surface area contributed by atoms with Gasteiger partial charge in [0.25, 0.3) is 0 Å². The molecule has 0 aliphatic carbocycles. The van der Waals surface area contributed by atoms with Crippen LogP contribution in [0.5, 0.6) is 0 Å². The molecule has 168 valence electrons. The summed E-state index contributed by atoms with van der Waals surface area (Å²) >= 11 is 12.5. The molecule has 2 aromatic rings. The van der Waals surface area contributed by atoms with E-state index in [-0.39, 0.29) is 6.54 Å². The number of carbonyl (C=O) groups is 2. The number of aryl methyl sites for hydroxylation is 1. The van der Waals surface area contributed by atoms with Gasteiger partial charge in [-0.3, -0.25) is 13.9 Å². The Bertz CT molecular complexity index is 1060. The lowest BCUT2D eigenvalue weighted by Gasteiger charge is -2.32. The van der Waals surface area contributed by atoms with E-state index in [1.165, 1.54) is 11.9 Å². The number of anilines is 1. The molecule has 0 heterocycles. The summed E-state index contributed by atoms with van der Waals surface area (Å²) in [5, 5.41) is 3.19. The Labute approximate surface area is 193 Å². The van der Waals surface area contributed by atoms with E-state index in [1.807, 2.05) is 0 Å². The van der Waals surface area contributed by atoms with Crippen LogP contribution in [0.1, 0.15) is 18.1 Å². The Morgan fingerprint density at radius 1 is 1.06 bits per heavy atom. The number of hydrogen-bond donors (Lipinski definition) is 1. The summed E-state index contributed by atoms with van der Waals surface area (Å²) < 4.78 is 26.0. The van der Waals surface area contributed by atoms with Gasteiger partial charge < -0.3 is 10.2 Å². The number of sulfonamides is 1. The molecule has 0 aliphatic rings. The molecule has 2 rings (SSSR count). The van der Waals surface area contributed by atoms with Gasteiger partial charge in [0, 0.05) is 29.2 Å². The zero-order chi connectivity index (χ0) is 23.3. The van der Waals surface area contributed by atoms with Crippen molar-refractivity contribution < 1.29 is 18.0 Å². The Morgan fingerprint density at radius 2 is 1.65 bits per heavy atom. The van der Waals surface area contributed by atoms with Crippen molar-refractivity contribution in [3.05, 3.63) is 63.6 Å². The van der Waals surface area contributed by atoms with E-state index >= 15 is 0 Å². The molecular weight excluding hydrogens is 461 g/mol. The number of amides is 2. The van der Waals surface area contributed by atoms with E-state index in [9.17, 15) is 18.0 Å². The molecule has 0 saturated heterocycles. The molecule has 0 radical (unpaired) electrons. The first kappa shape index (κ1) is 25.0. The van der Waals surface area contributed by atoms with E-state index in [4.69, 9.17) is 23.2 Å². The summed E-state index contributed by atoms with van der Waals surface area (Å²) in [6.07, 6.45) is 1.03. The summed E-state index contributed by atoms with van der Waals surface area (Å²) in [5.41, 5.74) is 1.55. The predicted octanol–water partition coefficient (Wildman–Crippen LogP) is 3.23. The highest BCUT2D eigenvalue weighted by Crippen LogP contribution is 2.27. The predicted molar refractivity (Wildman–Crippen MR) is 124 cm³/mol. The van der Waals surface area contributed by atoms with Gasteiger partial charge in [-0.15, -0.1) is 0 Å². The minimum atomic E-state index is -3.78. The van der Waals surface area contributed by atoms with Gasteiger partial charge in [0.2, 0.25) is 21.8 Å². The molecule has 0 fully saturated rings. The molecule has 0 spiro atoms. The van der Waals surface area contributed by atoms with Crippen molar-refractivity contribution in [2.45, 2.75) is 26.4 Å². The van der Waals surface area contributed by atoms with E-state index in [2.05, 4.69) is 5.32 Å². The fourth-order valence-electron chi connectivity index (χ4n) is 3.08. The van der Waals surface area contributed by atoms with Gasteiger partial charge >= 0.3 is 0 Å². The molecule has 7 nitrogen and oxygen atoms in total. The fourth-order valence-corrected chi connectivity index (χ4v) is 4.51. The molecule has 2 amide bonds. The third kappa shape index (κ3) is 6.12. The van der Waals surface area contributed by atoms with Gasteiger partial charge in [0.1, 0.15) is 12.6 Å². The van der Waals surface area contributed by atoms with Crippen molar-refractivity contribution in [1.82, 2.24) is 10.2 Å². The number of hydrogen-bond acceptors (Lipinski definition) is 4. The Hall–Kier alpha value is -2.29. The molecule has 0 unspecified atom stereocenters. The SMILES string of the molecule is CNC(=O)[C@H](C)N(Cc1c(Cl)cccc1Cl)C(=O)CN(c1ccccc1C)S(C)(=O)=O. The summed E-state index contributed by atoms with van der Waals surface area (Å²) in [6.45, 7) is 2.77. The first-order valence-corrected chi connectivity index (χ1v) is 12.0. The largest absolute Gasteiger partial charge is 0.357 e. The second-order valence-corrected chi connectivity index (χ2v) is 9.79. The van der Waals surface area contributed by atoms with Gasteiger partial charge in [0.15, 0.2) is 0 Å². The molecule has 0 aliphatic heterocycles. The zero-order valence-corrected chi connectivity index (χ0v) is 20.1. The van der Waals surface area contributed by atoms with E-state index < -0.39 is 34.4 Å². The molecule has 0 aromatic heterocycles. The second-order valence-electron chi connectivity index (χ2n) is 7.07. The summed E-state index contributed by atoms with van der Waals surface area (Å²) in [6, 6.07) is 10.9. The van der Waals surface area contributed by atoms with Crippen LogP contribution in [0.25, 0.3) is 0 Å². The second kappa shape index (κ2) is 10.3. The van der Waals surface area contributed by atoms with Gasteiger partial charge in [0.05, 0.1) is 11.9 Å². The lowest BCUT2D eigenvalue weighted by atomic mass is 10.1. The summed E-state index contributed by atoms with van der Waals surface area (Å²) in [5.74, 6) is -0.973. The molecule has 0 bridgehead atoms. The highest BCUT2D eigenvalue weighted by atomic mass is 35.5. The number of nitrogens with one attached hydrogen (secondary N) is 1. The summed E-state index contributed by atoms with van der Waals surface area (Å²) in [7, 11) is -2.32. The van der Waals surface area contributed by atoms with Crippen LogP contribution in [0.4, 0.5) is 5.69 Å². The molecular formula is C21H25Cl2N3O4S. The van der Waals surface area contributed by atoms with Crippen molar-refractivity contribution in [3.63, 3.8) is 0 Å². The average molecular weight is 486 g/mol. The quantitative estimate of drug-likeness (QED) is 0.621. The minimum absolute atomic E-state index is 0.0582. The third-order valence-corrected chi connectivity index (χ3v) is 6.70. The standard InChI is InChI=1S/C21H25Cl2N3O4S/c1-14-8-5-6-11-19(14)26(31(4,29)30)13-20(27)25(15(2)21(28)24-3)12-16-17(22)9-7-10-18(16)23/h5-11,15H,12-13H2,1-4H3,(H,24,28)/t15-/m0/s1. The van der Waals surface area contributed by atoms with Gasteiger partial charge in [-0.2, -0.15) is 0 Å². The van der Waals surface area contributed by atoms with E-state index in [0.29, 0.717) is 26.9 Å². The van der Waals surface area contributed by atoms with Crippen LogP contribution in [0.3, 0.4) is 0 Å². The molecule has 31 heavy (non-hydrogen) atoms. The van der Waals surface area contributed by atoms with Crippen LogP contribution >= 0.6 is 23.2 Å². The lowest BCUT2D eigenvalue weighted by molar-refractivity contribution is -0.139. The van der Waals surface area contributed by atoms with Gasteiger partial charge in [-0.25, -0.2) is 8.42 Å². The zero-order valence-electron chi connectivity index (χ0n) is 17.7. The first-order chi connectivity index (χ1) is 14.5. The van der Waals surface area contributed by atoms with E-state index in [0.717, 1.165) is 10.6 Å². The number of para-hydroxylation sites is 1. The van der Waals surface area contributed by atoms with Gasteiger partial charge in [-0.05, 0) is 37.6 Å². The Kier molecular flexibility index (Phi) is 8.34. The number of nitrogens with zero attached hydrogens (tertiary/aromatic N) is 2. The van der Waals surface area contributed by atoms with Crippen LogP contribution in [0.2, 0.25) is 10.0 Å². The number of benzene rings is 2. The maximum Gasteiger partial charge on any atom is 0.244 e. The normalized spacial score (nSPS) is 12.2. The van der Waals surface area contributed by atoms with Gasteiger partial charge in [-0.1, -0.05) is 47.5 Å². The fraction of sp³-hybridized carbons (Fsp3) is 0.333. The van der Waals surface area contributed by atoms with Crippen LogP contribution in [-0.2, 0) is 26.2 Å². The van der Waals surface area contributed by atoms with Crippen LogP contribution in [-0.4, -0.2) is 51.0 Å². The first-order valence-electron chi connectivity index (χ1n) is 9.44. The van der Waals surface area contributed by atoms with E-state index in [1.54, 1.807) is 56.3 Å². The molecule has 1 atom stereocenters. The maximum absolute atomic E-state index is 13.3. The highest BCUT2D eigenvalue weighted by molar-refractivity contribution is 7.92. The molecule has 10 heteroatoms. The van der Waals surface area contributed by atoms with Crippen molar-refractivity contribution in [1.29, 1.82) is 0 Å². The minimum Gasteiger partial charge on any atom is -0.357 e. The molecule has 0 saturated carbocycles. The third-order valence-electron chi connectivity index (χ3n) is 4.87. The number of rotatable bonds is 8. The maximum atomic E-state index is 13.3. The number of carbonyl (C=O) groups excluding carboxylic acids is 2. The Morgan fingerprint density at radius 3 is 2.16 bits per heavy atom.